The molecule has 8 nitrogen and oxygen atoms in total. The SMILES string of the molecule is COc1cc2c(cc1-c1cnn(C3CCOCC3)c1)CN(C(C)C)n1cc(C(C)=O)c(=O)cc1-2. The van der Waals surface area contributed by atoms with Gasteiger partial charge >= 0.3 is 0 Å². The predicted octanol–water partition coefficient (Wildman–Crippen LogP) is 3.80. The van der Waals surface area contributed by atoms with E-state index < -0.39 is 0 Å². The highest BCUT2D eigenvalue weighted by molar-refractivity contribution is 5.94. The number of nitrogens with zero attached hydrogens (tertiary/aromatic N) is 4. The van der Waals surface area contributed by atoms with Crippen molar-refractivity contribution in [2.24, 2.45) is 0 Å². The van der Waals surface area contributed by atoms with E-state index in [1.807, 2.05) is 21.6 Å². The number of fused-ring (bicyclic) bond motifs is 3. The summed E-state index contributed by atoms with van der Waals surface area (Å²) in [5.74, 6) is 0.488. The Bertz CT molecular complexity index is 1300. The Labute approximate surface area is 198 Å². The lowest BCUT2D eigenvalue weighted by Crippen LogP contribution is -2.44. The number of hydrogen-bond acceptors (Lipinski definition) is 6. The minimum absolute atomic E-state index is 0.163. The number of ketones is 1. The molecule has 1 aromatic carbocycles. The number of carbonyl (C=O) groups is 1. The Hall–Kier alpha value is -3.39. The fourth-order valence-electron chi connectivity index (χ4n) is 4.90. The summed E-state index contributed by atoms with van der Waals surface area (Å²) in [6.45, 7) is 7.79. The molecule has 1 saturated heterocycles. The van der Waals surface area contributed by atoms with E-state index in [9.17, 15) is 9.59 Å². The van der Waals surface area contributed by atoms with Crippen molar-refractivity contribution >= 4 is 5.78 Å². The van der Waals surface area contributed by atoms with Gasteiger partial charge in [0.1, 0.15) is 5.75 Å². The van der Waals surface area contributed by atoms with Gasteiger partial charge in [-0.25, -0.2) is 0 Å². The number of ether oxygens (including phenoxy) is 2. The molecular formula is C26H30N4O4. The van der Waals surface area contributed by atoms with Gasteiger partial charge in [-0.2, -0.15) is 5.10 Å². The molecule has 5 rings (SSSR count). The van der Waals surface area contributed by atoms with Gasteiger partial charge in [-0.05, 0) is 51.3 Å². The second-order valence-corrected chi connectivity index (χ2v) is 9.29. The fourth-order valence-corrected chi connectivity index (χ4v) is 4.90. The number of aromatic nitrogens is 3. The van der Waals surface area contributed by atoms with Gasteiger partial charge in [-0.1, -0.05) is 0 Å². The molecule has 3 aromatic rings. The van der Waals surface area contributed by atoms with Gasteiger partial charge in [0.15, 0.2) is 11.2 Å². The van der Waals surface area contributed by atoms with Gasteiger partial charge < -0.3 is 14.5 Å². The zero-order valence-corrected chi connectivity index (χ0v) is 20.1. The van der Waals surface area contributed by atoms with Crippen molar-refractivity contribution in [2.75, 3.05) is 25.3 Å². The van der Waals surface area contributed by atoms with Gasteiger partial charge in [-0.15, -0.1) is 0 Å². The van der Waals surface area contributed by atoms with Gasteiger partial charge in [0, 0.05) is 54.4 Å². The van der Waals surface area contributed by atoms with Gasteiger partial charge in [0.05, 0.1) is 37.2 Å². The zero-order chi connectivity index (χ0) is 24.0. The van der Waals surface area contributed by atoms with E-state index in [2.05, 4.69) is 36.2 Å². The van der Waals surface area contributed by atoms with Crippen LogP contribution in [0.25, 0.3) is 22.4 Å². The molecule has 0 radical (unpaired) electrons. The highest BCUT2D eigenvalue weighted by Crippen LogP contribution is 2.40. The Morgan fingerprint density at radius 3 is 2.59 bits per heavy atom. The molecule has 34 heavy (non-hydrogen) atoms. The zero-order valence-electron chi connectivity index (χ0n) is 20.1. The molecule has 1 fully saturated rings. The van der Waals surface area contributed by atoms with Gasteiger partial charge in [0.25, 0.3) is 0 Å². The van der Waals surface area contributed by atoms with E-state index in [1.165, 1.54) is 6.92 Å². The van der Waals surface area contributed by atoms with Crippen LogP contribution >= 0.6 is 0 Å². The molecule has 0 amide bonds. The summed E-state index contributed by atoms with van der Waals surface area (Å²) in [6.07, 6.45) is 7.56. The summed E-state index contributed by atoms with van der Waals surface area (Å²) in [4.78, 5) is 24.7. The summed E-state index contributed by atoms with van der Waals surface area (Å²) in [6, 6.07) is 6.20. The molecular weight excluding hydrogens is 432 g/mol. The first kappa shape index (κ1) is 22.4. The van der Waals surface area contributed by atoms with Crippen molar-refractivity contribution in [3.63, 3.8) is 0 Å². The summed E-state index contributed by atoms with van der Waals surface area (Å²) in [7, 11) is 1.66. The number of rotatable bonds is 5. The average Bonchev–Trinajstić information content (AvgIpc) is 3.33. The first-order chi connectivity index (χ1) is 16.4. The van der Waals surface area contributed by atoms with E-state index in [-0.39, 0.29) is 22.8 Å². The molecule has 0 bridgehead atoms. The van der Waals surface area contributed by atoms with Crippen LogP contribution < -0.4 is 15.2 Å². The monoisotopic (exact) mass is 462 g/mol. The van der Waals surface area contributed by atoms with Gasteiger partial charge in [-0.3, -0.25) is 18.9 Å². The summed E-state index contributed by atoms with van der Waals surface area (Å²) < 4.78 is 15.3. The molecule has 0 spiro atoms. The molecule has 178 valence electrons. The van der Waals surface area contributed by atoms with Crippen LogP contribution in [0.1, 0.15) is 55.6 Å². The second kappa shape index (κ2) is 8.76. The van der Waals surface area contributed by atoms with E-state index in [1.54, 1.807) is 19.4 Å². The maximum absolute atomic E-state index is 12.7. The molecule has 8 heteroatoms. The predicted molar refractivity (Wildman–Crippen MR) is 130 cm³/mol. The Morgan fingerprint density at radius 2 is 1.91 bits per heavy atom. The van der Waals surface area contributed by atoms with Crippen LogP contribution in [0.4, 0.5) is 0 Å². The maximum atomic E-state index is 12.7. The highest BCUT2D eigenvalue weighted by atomic mass is 16.5. The third kappa shape index (κ3) is 3.81. The first-order valence-electron chi connectivity index (χ1n) is 11.8. The van der Waals surface area contributed by atoms with E-state index in [4.69, 9.17) is 9.47 Å². The topological polar surface area (TPSA) is 78.6 Å². The molecule has 2 aliphatic rings. The van der Waals surface area contributed by atoms with Crippen molar-refractivity contribution < 1.29 is 14.3 Å². The van der Waals surface area contributed by atoms with Crippen LogP contribution in [0.3, 0.4) is 0 Å². The van der Waals surface area contributed by atoms with Crippen molar-refractivity contribution in [3.05, 3.63) is 58.1 Å². The fraction of sp³-hybridized carbons (Fsp3) is 0.423. The normalized spacial score (nSPS) is 15.9. The van der Waals surface area contributed by atoms with E-state index in [0.29, 0.717) is 12.6 Å². The third-order valence-corrected chi connectivity index (χ3v) is 6.79. The molecule has 0 N–H and O–H groups in total. The molecule has 0 unspecified atom stereocenters. The molecule has 2 aromatic heterocycles. The Kier molecular flexibility index (Phi) is 5.77. The lowest BCUT2D eigenvalue weighted by molar-refractivity contribution is 0.0662. The van der Waals surface area contributed by atoms with Crippen molar-refractivity contribution in [3.8, 4) is 28.1 Å². The summed E-state index contributed by atoms with van der Waals surface area (Å²) in [5.41, 5.74) is 4.68. The van der Waals surface area contributed by atoms with Crippen LogP contribution in [0.5, 0.6) is 5.75 Å². The maximum Gasteiger partial charge on any atom is 0.193 e. The lowest BCUT2D eigenvalue weighted by atomic mass is 9.95. The molecule has 0 aliphatic carbocycles. The summed E-state index contributed by atoms with van der Waals surface area (Å²) in [5, 5.41) is 6.80. The number of benzene rings is 1. The Balaban J connectivity index is 1.62. The highest BCUT2D eigenvalue weighted by Gasteiger charge is 2.27. The van der Waals surface area contributed by atoms with Crippen molar-refractivity contribution in [2.45, 2.75) is 52.2 Å². The first-order valence-corrected chi connectivity index (χ1v) is 11.8. The molecule has 4 heterocycles. The van der Waals surface area contributed by atoms with Crippen molar-refractivity contribution in [1.29, 1.82) is 0 Å². The van der Waals surface area contributed by atoms with Crippen molar-refractivity contribution in [1.82, 2.24) is 14.5 Å². The Morgan fingerprint density at radius 1 is 1.15 bits per heavy atom. The number of carbonyl (C=O) groups excluding carboxylic acids is 1. The number of Topliss-reactive ketones (excluding diaryl/α,β-unsaturated/α-hetero) is 1. The molecule has 0 saturated carbocycles. The second-order valence-electron chi connectivity index (χ2n) is 9.29. The lowest BCUT2D eigenvalue weighted by Gasteiger charge is -2.38. The standard InChI is InChI=1S/C26H30N4O4/c1-16(2)29-14-18-9-22(19-12-27-28(13-19)20-5-7-34-8-6-20)26(33-4)10-21(18)24-11-25(32)23(17(3)31)15-30(24)29/h9-13,15-16,20H,5-8,14H2,1-4H3. The molecule has 2 aliphatic heterocycles. The quantitative estimate of drug-likeness (QED) is 0.537. The van der Waals surface area contributed by atoms with Crippen LogP contribution in [-0.2, 0) is 11.3 Å². The minimum Gasteiger partial charge on any atom is -0.496 e. The van der Waals surface area contributed by atoms with Crippen LogP contribution in [-0.4, -0.2) is 46.6 Å². The smallest absolute Gasteiger partial charge is 0.193 e. The minimum atomic E-state index is -0.268. The van der Waals surface area contributed by atoms with E-state index in [0.717, 1.165) is 59.8 Å². The summed E-state index contributed by atoms with van der Waals surface area (Å²) >= 11 is 0. The van der Waals surface area contributed by atoms with Crippen LogP contribution in [0, 0.1) is 0 Å². The third-order valence-electron chi connectivity index (χ3n) is 6.79. The van der Waals surface area contributed by atoms with Crippen LogP contribution in [0.15, 0.2) is 41.6 Å². The molecule has 0 atom stereocenters. The van der Waals surface area contributed by atoms with E-state index >= 15 is 0 Å². The number of hydrogen-bond donors (Lipinski definition) is 0. The largest absolute Gasteiger partial charge is 0.496 e. The van der Waals surface area contributed by atoms with Gasteiger partial charge in [0.2, 0.25) is 0 Å². The number of pyridine rings is 1. The van der Waals surface area contributed by atoms with Crippen LogP contribution in [0.2, 0.25) is 0 Å². The number of methoxy groups -OCH3 is 1. The average molecular weight is 463 g/mol.